The van der Waals surface area contributed by atoms with E-state index in [0.717, 1.165) is 6.54 Å². The summed E-state index contributed by atoms with van der Waals surface area (Å²) in [4.78, 5) is 10.6. The third kappa shape index (κ3) is 4.65. The monoisotopic (exact) mass is 215 g/mol. The smallest absolute Gasteiger partial charge is 0.307 e. The van der Waals surface area contributed by atoms with Gasteiger partial charge in [0.05, 0.1) is 5.92 Å². The number of aliphatic carboxylic acids is 1. The van der Waals surface area contributed by atoms with Crippen LogP contribution in [0.25, 0.3) is 0 Å². The Bertz CT molecular complexity index is 216. The summed E-state index contributed by atoms with van der Waals surface area (Å²) in [6.07, 6.45) is 0. The summed E-state index contributed by atoms with van der Waals surface area (Å²) >= 11 is 0. The van der Waals surface area contributed by atoms with E-state index in [9.17, 15) is 4.79 Å². The zero-order valence-electron chi connectivity index (χ0n) is 10.8. The molecule has 0 saturated heterocycles. The van der Waals surface area contributed by atoms with Crippen LogP contribution < -0.4 is 5.32 Å². The van der Waals surface area contributed by atoms with E-state index in [1.54, 1.807) is 6.92 Å². The van der Waals surface area contributed by atoms with Gasteiger partial charge in [-0.15, -0.1) is 0 Å². The second-order valence-corrected chi connectivity index (χ2v) is 6.00. The van der Waals surface area contributed by atoms with E-state index in [-0.39, 0.29) is 16.7 Å². The Hall–Kier alpha value is -0.570. The lowest BCUT2D eigenvalue weighted by molar-refractivity contribution is -0.141. The highest BCUT2D eigenvalue weighted by Gasteiger charge is 2.32. The summed E-state index contributed by atoms with van der Waals surface area (Å²) < 4.78 is 0. The predicted octanol–water partition coefficient (Wildman–Crippen LogP) is 2.37. The Morgan fingerprint density at radius 1 is 1.27 bits per heavy atom. The number of carboxylic acid groups (broad SMARTS) is 1. The molecule has 0 saturated carbocycles. The van der Waals surface area contributed by atoms with Crippen LogP contribution in [0.3, 0.4) is 0 Å². The van der Waals surface area contributed by atoms with Crippen molar-refractivity contribution in [1.82, 2.24) is 5.32 Å². The van der Waals surface area contributed by atoms with Crippen LogP contribution in [0.5, 0.6) is 0 Å². The van der Waals surface area contributed by atoms with Gasteiger partial charge in [0.25, 0.3) is 0 Å². The summed E-state index contributed by atoms with van der Waals surface area (Å²) in [5.74, 6) is -1.06. The molecule has 3 heteroatoms. The minimum Gasteiger partial charge on any atom is -0.481 e. The van der Waals surface area contributed by atoms with Gasteiger partial charge in [0.15, 0.2) is 0 Å². The van der Waals surface area contributed by atoms with Crippen molar-refractivity contribution >= 4 is 5.97 Å². The third-order valence-corrected chi connectivity index (χ3v) is 3.47. The first kappa shape index (κ1) is 14.4. The zero-order valence-corrected chi connectivity index (χ0v) is 10.8. The SMILES string of the molecule is CC(CNCC(C)(C)C(C)(C)C)C(=O)O. The Balaban J connectivity index is 4.01. The van der Waals surface area contributed by atoms with Gasteiger partial charge in [0.2, 0.25) is 0 Å². The standard InChI is InChI=1S/C12H25NO2/c1-9(10(14)15)7-13-8-12(5,6)11(2,3)4/h9,13H,7-8H2,1-6H3,(H,14,15). The molecule has 0 radical (unpaired) electrons. The molecule has 15 heavy (non-hydrogen) atoms. The summed E-state index contributed by atoms with van der Waals surface area (Å²) in [6.45, 7) is 14.1. The van der Waals surface area contributed by atoms with Crippen LogP contribution in [-0.2, 0) is 4.79 Å². The molecule has 0 spiro atoms. The molecule has 90 valence electrons. The maximum absolute atomic E-state index is 10.6. The van der Waals surface area contributed by atoms with Crippen LogP contribution in [0.2, 0.25) is 0 Å². The van der Waals surface area contributed by atoms with E-state index >= 15 is 0 Å². The molecule has 0 aliphatic rings. The second kappa shape index (κ2) is 4.97. The number of carboxylic acids is 1. The molecule has 3 nitrogen and oxygen atoms in total. The van der Waals surface area contributed by atoms with Crippen LogP contribution in [0.15, 0.2) is 0 Å². The van der Waals surface area contributed by atoms with Crippen molar-refractivity contribution in [3.63, 3.8) is 0 Å². The number of nitrogens with one attached hydrogen (secondary N) is 1. The van der Waals surface area contributed by atoms with Crippen LogP contribution in [0.1, 0.15) is 41.5 Å². The highest BCUT2D eigenvalue weighted by molar-refractivity contribution is 5.69. The van der Waals surface area contributed by atoms with Crippen molar-refractivity contribution in [2.24, 2.45) is 16.7 Å². The topological polar surface area (TPSA) is 49.3 Å². The molecule has 0 aliphatic carbocycles. The van der Waals surface area contributed by atoms with Gasteiger partial charge < -0.3 is 10.4 Å². The van der Waals surface area contributed by atoms with Gasteiger partial charge in [-0.05, 0) is 10.8 Å². The van der Waals surface area contributed by atoms with E-state index in [2.05, 4.69) is 39.9 Å². The maximum atomic E-state index is 10.6. The molecule has 1 atom stereocenters. The average Bonchev–Trinajstić information content (AvgIpc) is 2.01. The van der Waals surface area contributed by atoms with Crippen molar-refractivity contribution in [2.75, 3.05) is 13.1 Å². The van der Waals surface area contributed by atoms with Crippen molar-refractivity contribution in [1.29, 1.82) is 0 Å². The van der Waals surface area contributed by atoms with Crippen LogP contribution >= 0.6 is 0 Å². The Labute approximate surface area is 93.3 Å². The zero-order chi connectivity index (χ0) is 12.3. The quantitative estimate of drug-likeness (QED) is 0.740. The van der Waals surface area contributed by atoms with Crippen LogP contribution in [0.4, 0.5) is 0 Å². The number of rotatable bonds is 5. The Morgan fingerprint density at radius 3 is 2.07 bits per heavy atom. The highest BCUT2D eigenvalue weighted by Crippen LogP contribution is 2.36. The highest BCUT2D eigenvalue weighted by atomic mass is 16.4. The molecule has 2 N–H and O–H groups in total. The summed E-state index contributed by atoms with van der Waals surface area (Å²) in [6, 6.07) is 0. The Morgan fingerprint density at radius 2 is 1.73 bits per heavy atom. The van der Waals surface area contributed by atoms with Gasteiger partial charge in [0, 0.05) is 13.1 Å². The molecule has 0 bridgehead atoms. The molecular formula is C12H25NO2. The normalized spacial score (nSPS) is 15.1. The second-order valence-electron chi connectivity index (χ2n) is 6.00. The van der Waals surface area contributed by atoms with Gasteiger partial charge >= 0.3 is 5.97 Å². The van der Waals surface area contributed by atoms with Crippen LogP contribution in [0, 0.1) is 16.7 Å². The maximum Gasteiger partial charge on any atom is 0.307 e. The number of carbonyl (C=O) groups is 1. The minimum atomic E-state index is -0.740. The summed E-state index contributed by atoms with van der Waals surface area (Å²) in [5, 5.41) is 12.0. The molecule has 0 rings (SSSR count). The predicted molar refractivity (Wildman–Crippen MR) is 62.9 cm³/mol. The fourth-order valence-corrected chi connectivity index (χ4v) is 0.954. The van der Waals surface area contributed by atoms with Crippen LogP contribution in [-0.4, -0.2) is 24.2 Å². The molecule has 0 aromatic rings. The molecule has 0 heterocycles. The minimum absolute atomic E-state index is 0.158. The van der Waals surface area contributed by atoms with Crippen molar-refractivity contribution in [3.8, 4) is 0 Å². The van der Waals surface area contributed by atoms with E-state index in [0.29, 0.717) is 6.54 Å². The molecule has 0 aromatic carbocycles. The largest absolute Gasteiger partial charge is 0.481 e. The van der Waals surface area contributed by atoms with E-state index < -0.39 is 5.97 Å². The summed E-state index contributed by atoms with van der Waals surface area (Å²) in [5.41, 5.74) is 0.373. The number of hydrogen-bond acceptors (Lipinski definition) is 2. The number of hydrogen-bond donors (Lipinski definition) is 2. The van der Waals surface area contributed by atoms with Gasteiger partial charge in [-0.3, -0.25) is 4.79 Å². The molecule has 0 aliphatic heterocycles. The molecule has 0 fully saturated rings. The third-order valence-electron chi connectivity index (χ3n) is 3.47. The first-order chi connectivity index (χ1) is 6.58. The lowest BCUT2D eigenvalue weighted by atomic mass is 9.69. The van der Waals surface area contributed by atoms with Crippen molar-refractivity contribution in [2.45, 2.75) is 41.5 Å². The first-order valence-electron chi connectivity index (χ1n) is 5.51. The lowest BCUT2D eigenvalue weighted by Crippen LogP contribution is -2.41. The fourth-order valence-electron chi connectivity index (χ4n) is 0.954. The molecule has 0 amide bonds. The average molecular weight is 215 g/mol. The van der Waals surface area contributed by atoms with E-state index in [4.69, 9.17) is 5.11 Å². The molecular weight excluding hydrogens is 190 g/mol. The van der Waals surface area contributed by atoms with E-state index in [1.165, 1.54) is 0 Å². The van der Waals surface area contributed by atoms with Crippen molar-refractivity contribution in [3.05, 3.63) is 0 Å². The molecule has 1 unspecified atom stereocenters. The van der Waals surface area contributed by atoms with Crippen molar-refractivity contribution < 1.29 is 9.90 Å². The van der Waals surface area contributed by atoms with Gasteiger partial charge in [-0.25, -0.2) is 0 Å². The molecule has 0 aromatic heterocycles. The Kier molecular flexibility index (Phi) is 4.78. The fraction of sp³-hybridized carbons (Fsp3) is 0.917. The summed E-state index contributed by atoms with van der Waals surface area (Å²) in [7, 11) is 0. The van der Waals surface area contributed by atoms with Gasteiger partial charge in [-0.2, -0.15) is 0 Å². The van der Waals surface area contributed by atoms with Gasteiger partial charge in [-0.1, -0.05) is 41.5 Å². The first-order valence-corrected chi connectivity index (χ1v) is 5.51. The van der Waals surface area contributed by atoms with Gasteiger partial charge in [0.1, 0.15) is 0 Å². The van der Waals surface area contributed by atoms with E-state index in [1.807, 2.05) is 0 Å². The lowest BCUT2D eigenvalue weighted by Gasteiger charge is -2.39.